The maximum absolute atomic E-state index is 12.5. The van der Waals surface area contributed by atoms with Crippen molar-refractivity contribution < 1.29 is 14.9 Å². The number of ether oxygens (including phenoxy) is 1. The Morgan fingerprint density at radius 3 is 2.61 bits per heavy atom. The first-order valence-corrected chi connectivity index (χ1v) is 11.9. The Kier molecular flexibility index (Phi) is 6.98. The standard InChI is InChI=1S/C27H37N3O3/c1-29(2)18-24(19-7-10-22(33-3)11-8-19)27(32)14-5-4-6-26(27)30-17-20(13-15-28)23-16-21(31)9-12-25(23)30/h7-12,16-17,24,26,31-32H,4-6,13-15,18,28H2,1-3H3. The van der Waals surface area contributed by atoms with E-state index < -0.39 is 5.60 Å². The van der Waals surface area contributed by atoms with Gasteiger partial charge in [0.1, 0.15) is 11.5 Å². The fraction of sp³-hybridized carbons (Fsp3) is 0.481. The molecule has 1 aromatic heterocycles. The molecular formula is C27H37N3O3. The molecule has 1 saturated carbocycles. The molecule has 1 fully saturated rings. The van der Waals surface area contributed by atoms with E-state index in [2.05, 4.69) is 41.9 Å². The number of phenolic OH excluding ortho intramolecular Hbond substituents is 1. The highest BCUT2D eigenvalue weighted by atomic mass is 16.5. The van der Waals surface area contributed by atoms with E-state index in [0.717, 1.165) is 66.4 Å². The number of hydrogen-bond donors (Lipinski definition) is 3. The minimum absolute atomic E-state index is 0.0590. The van der Waals surface area contributed by atoms with E-state index in [9.17, 15) is 10.2 Å². The molecule has 0 radical (unpaired) electrons. The number of hydrogen-bond acceptors (Lipinski definition) is 5. The second kappa shape index (κ2) is 9.75. The van der Waals surface area contributed by atoms with Gasteiger partial charge in [-0.05, 0) is 81.4 Å². The van der Waals surface area contributed by atoms with Gasteiger partial charge < -0.3 is 30.2 Å². The lowest BCUT2D eigenvalue weighted by Crippen LogP contribution is -2.49. The Labute approximate surface area is 196 Å². The minimum atomic E-state index is -0.916. The molecule has 3 aromatic rings. The van der Waals surface area contributed by atoms with Crippen molar-refractivity contribution in [3.63, 3.8) is 0 Å². The lowest BCUT2D eigenvalue weighted by molar-refractivity contribution is -0.0673. The topological polar surface area (TPSA) is 83.9 Å². The zero-order valence-corrected chi connectivity index (χ0v) is 20.0. The molecule has 4 N–H and O–H groups in total. The van der Waals surface area contributed by atoms with Crippen molar-refractivity contribution in [1.29, 1.82) is 0 Å². The highest BCUT2D eigenvalue weighted by molar-refractivity contribution is 5.85. The molecule has 0 bridgehead atoms. The second-order valence-electron chi connectivity index (χ2n) is 9.64. The maximum atomic E-state index is 12.5. The minimum Gasteiger partial charge on any atom is -0.508 e. The third-order valence-electron chi connectivity index (χ3n) is 7.20. The van der Waals surface area contributed by atoms with E-state index in [1.165, 1.54) is 0 Å². The van der Waals surface area contributed by atoms with Crippen molar-refractivity contribution in [2.45, 2.75) is 49.7 Å². The monoisotopic (exact) mass is 451 g/mol. The summed E-state index contributed by atoms with van der Waals surface area (Å²) in [6.07, 6.45) is 6.61. The fourth-order valence-electron chi connectivity index (χ4n) is 5.63. The van der Waals surface area contributed by atoms with Crippen molar-refractivity contribution in [3.8, 4) is 11.5 Å². The fourth-order valence-corrected chi connectivity index (χ4v) is 5.63. The third-order valence-corrected chi connectivity index (χ3v) is 7.20. The molecule has 178 valence electrons. The molecule has 0 aliphatic heterocycles. The molecule has 0 spiro atoms. The van der Waals surface area contributed by atoms with Crippen LogP contribution in [-0.4, -0.2) is 59.6 Å². The van der Waals surface area contributed by atoms with Crippen LogP contribution in [0.4, 0.5) is 0 Å². The van der Waals surface area contributed by atoms with Gasteiger partial charge in [-0.2, -0.15) is 0 Å². The first-order chi connectivity index (χ1) is 15.9. The first-order valence-electron chi connectivity index (χ1n) is 11.9. The van der Waals surface area contributed by atoms with Crippen LogP contribution in [0.15, 0.2) is 48.7 Å². The van der Waals surface area contributed by atoms with E-state index >= 15 is 0 Å². The summed E-state index contributed by atoms with van der Waals surface area (Å²) in [6, 6.07) is 13.6. The Balaban J connectivity index is 1.83. The third kappa shape index (κ3) is 4.60. The molecular weight excluding hydrogens is 414 g/mol. The molecule has 3 unspecified atom stereocenters. The summed E-state index contributed by atoms with van der Waals surface area (Å²) >= 11 is 0. The van der Waals surface area contributed by atoms with Crippen molar-refractivity contribution in [3.05, 3.63) is 59.8 Å². The quantitative estimate of drug-likeness (QED) is 0.481. The largest absolute Gasteiger partial charge is 0.508 e. The van der Waals surface area contributed by atoms with Crippen LogP contribution in [0.1, 0.15) is 48.8 Å². The van der Waals surface area contributed by atoms with Crippen LogP contribution < -0.4 is 10.5 Å². The van der Waals surface area contributed by atoms with Crippen molar-refractivity contribution in [1.82, 2.24) is 9.47 Å². The number of methoxy groups -OCH3 is 1. The summed E-state index contributed by atoms with van der Waals surface area (Å²) in [4.78, 5) is 2.16. The van der Waals surface area contributed by atoms with E-state index in [0.29, 0.717) is 6.54 Å². The number of rotatable bonds is 8. The highest BCUT2D eigenvalue weighted by Crippen LogP contribution is 2.48. The number of aromatic hydroxyl groups is 1. The van der Waals surface area contributed by atoms with Gasteiger partial charge in [0.05, 0.1) is 18.8 Å². The number of phenols is 1. The lowest BCUT2D eigenvalue weighted by Gasteiger charge is -2.47. The predicted molar refractivity (Wildman–Crippen MR) is 133 cm³/mol. The van der Waals surface area contributed by atoms with Crippen LogP contribution in [-0.2, 0) is 6.42 Å². The number of likely N-dealkylation sites (N-methyl/N-ethyl adjacent to an activating group) is 1. The Morgan fingerprint density at radius 2 is 1.94 bits per heavy atom. The van der Waals surface area contributed by atoms with Crippen LogP contribution in [0, 0.1) is 0 Å². The van der Waals surface area contributed by atoms with Gasteiger partial charge in [0.25, 0.3) is 0 Å². The Morgan fingerprint density at radius 1 is 1.18 bits per heavy atom. The molecule has 6 heteroatoms. The first kappa shape index (κ1) is 23.6. The van der Waals surface area contributed by atoms with Gasteiger partial charge >= 0.3 is 0 Å². The number of aliphatic hydroxyl groups is 1. The van der Waals surface area contributed by atoms with E-state index in [1.54, 1.807) is 13.2 Å². The molecule has 6 nitrogen and oxygen atoms in total. The molecule has 1 heterocycles. The molecule has 0 amide bonds. The van der Waals surface area contributed by atoms with Gasteiger partial charge in [-0.3, -0.25) is 0 Å². The summed E-state index contributed by atoms with van der Waals surface area (Å²) in [5.74, 6) is 1.01. The normalized spacial score (nSPS) is 22.1. The summed E-state index contributed by atoms with van der Waals surface area (Å²) in [7, 11) is 5.79. The van der Waals surface area contributed by atoms with Crippen LogP contribution in [0.3, 0.4) is 0 Å². The SMILES string of the molecule is COc1ccc(C(CN(C)C)C2(O)CCCCC2n2cc(CCN)c3cc(O)ccc32)cc1. The average molecular weight is 452 g/mol. The van der Waals surface area contributed by atoms with Crippen LogP contribution in [0.25, 0.3) is 10.9 Å². The van der Waals surface area contributed by atoms with Gasteiger partial charge in [0, 0.05) is 29.6 Å². The Bertz CT molecular complexity index is 1080. The van der Waals surface area contributed by atoms with Gasteiger partial charge in [-0.15, -0.1) is 0 Å². The summed E-state index contributed by atoms with van der Waals surface area (Å²) in [5, 5.41) is 23.6. The second-order valence-corrected chi connectivity index (χ2v) is 9.64. The van der Waals surface area contributed by atoms with Gasteiger partial charge in [-0.25, -0.2) is 0 Å². The van der Waals surface area contributed by atoms with Crippen LogP contribution in [0.2, 0.25) is 0 Å². The van der Waals surface area contributed by atoms with Gasteiger partial charge in [-0.1, -0.05) is 25.0 Å². The molecule has 0 saturated heterocycles. The predicted octanol–water partition coefficient (Wildman–Crippen LogP) is 4.05. The zero-order chi connectivity index (χ0) is 23.6. The van der Waals surface area contributed by atoms with E-state index in [-0.39, 0.29) is 17.7 Å². The zero-order valence-electron chi connectivity index (χ0n) is 20.0. The maximum Gasteiger partial charge on any atom is 0.118 e. The van der Waals surface area contributed by atoms with Gasteiger partial charge in [0.15, 0.2) is 0 Å². The average Bonchev–Trinajstić information content (AvgIpc) is 3.15. The summed E-state index contributed by atoms with van der Waals surface area (Å²) in [5.41, 5.74) is 8.26. The smallest absolute Gasteiger partial charge is 0.118 e. The van der Waals surface area contributed by atoms with Crippen LogP contribution in [0.5, 0.6) is 11.5 Å². The number of benzene rings is 2. The molecule has 1 aliphatic rings. The van der Waals surface area contributed by atoms with E-state index in [4.69, 9.17) is 10.5 Å². The molecule has 4 rings (SSSR count). The molecule has 2 aromatic carbocycles. The Hall–Kier alpha value is -2.54. The number of fused-ring (bicyclic) bond motifs is 1. The van der Waals surface area contributed by atoms with E-state index in [1.807, 2.05) is 24.3 Å². The lowest BCUT2D eigenvalue weighted by atomic mass is 9.69. The molecule has 1 aliphatic carbocycles. The van der Waals surface area contributed by atoms with Gasteiger partial charge in [0.2, 0.25) is 0 Å². The van der Waals surface area contributed by atoms with Crippen LogP contribution >= 0.6 is 0 Å². The summed E-state index contributed by atoms with van der Waals surface area (Å²) in [6.45, 7) is 1.29. The summed E-state index contributed by atoms with van der Waals surface area (Å²) < 4.78 is 7.62. The van der Waals surface area contributed by atoms with Crippen molar-refractivity contribution in [2.75, 3.05) is 34.3 Å². The number of aromatic nitrogens is 1. The molecule has 33 heavy (non-hydrogen) atoms. The number of nitrogens with two attached hydrogens (primary N) is 1. The molecule has 3 atom stereocenters. The van der Waals surface area contributed by atoms with Crippen molar-refractivity contribution in [2.24, 2.45) is 5.73 Å². The number of nitrogens with zero attached hydrogens (tertiary/aromatic N) is 2. The van der Waals surface area contributed by atoms with Crippen molar-refractivity contribution >= 4 is 10.9 Å². The highest BCUT2D eigenvalue weighted by Gasteiger charge is 2.47.